The van der Waals surface area contributed by atoms with E-state index in [9.17, 15) is 9.59 Å². The number of hydrogen-bond acceptors (Lipinski definition) is 3. The first kappa shape index (κ1) is 16.3. The van der Waals surface area contributed by atoms with E-state index < -0.39 is 5.91 Å². The first-order valence-electron chi connectivity index (χ1n) is 7.79. The molecule has 1 fully saturated rings. The second-order valence-electron chi connectivity index (χ2n) is 6.12. The number of amides is 2. The maximum Gasteiger partial charge on any atom is 0.258 e. The highest BCUT2D eigenvalue weighted by Crippen LogP contribution is 2.29. The van der Waals surface area contributed by atoms with Crippen molar-refractivity contribution in [2.45, 2.75) is 39.2 Å². The molecule has 2 rings (SSSR count). The van der Waals surface area contributed by atoms with Gasteiger partial charge in [0, 0.05) is 11.6 Å². The lowest BCUT2D eigenvalue weighted by atomic mass is 9.78. The molecule has 1 saturated carbocycles. The number of hydrogen-bond donors (Lipinski definition) is 2. The summed E-state index contributed by atoms with van der Waals surface area (Å²) < 4.78 is 5.44. The zero-order valence-electron chi connectivity index (χ0n) is 13.2. The van der Waals surface area contributed by atoms with Gasteiger partial charge in [-0.2, -0.15) is 0 Å². The summed E-state index contributed by atoms with van der Waals surface area (Å²) in [4.78, 5) is 23.0. The number of rotatable bonds is 5. The molecule has 0 spiro atoms. The third-order valence-electron chi connectivity index (χ3n) is 4.56. The highest BCUT2D eigenvalue weighted by Gasteiger charge is 2.28. The van der Waals surface area contributed by atoms with Crippen LogP contribution in [0, 0.1) is 11.8 Å². The molecule has 2 amide bonds. The first-order valence-corrected chi connectivity index (χ1v) is 7.79. The summed E-state index contributed by atoms with van der Waals surface area (Å²) in [7, 11) is 0. The standard InChI is InChI=1S/C17H24N2O3/c1-11-4-3-5-15(12(11)2)19-16(20)10-22-14-8-6-13(7-9-14)17(18)21/h6-9,11-12,15H,3-5,10H2,1-2H3,(H2,18,21)(H,19,20)/t11-,12+,15+/m0/s1. The largest absolute Gasteiger partial charge is 0.484 e. The van der Waals surface area contributed by atoms with Gasteiger partial charge < -0.3 is 15.8 Å². The predicted octanol–water partition coefficient (Wildman–Crippen LogP) is 2.11. The topological polar surface area (TPSA) is 81.4 Å². The fraction of sp³-hybridized carbons (Fsp3) is 0.529. The minimum Gasteiger partial charge on any atom is -0.484 e. The maximum absolute atomic E-state index is 12.0. The highest BCUT2D eigenvalue weighted by atomic mass is 16.5. The second kappa shape index (κ2) is 7.29. The lowest BCUT2D eigenvalue weighted by Crippen LogP contribution is -2.45. The van der Waals surface area contributed by atoms with Gasteiger partial charge in [-0.1, -0.05) is 26.7 Å². The van der Waals surface area contributed by atoms with Gasteiger partial charge >= 0.3 is 0 Å². The van der Waals surface area contributed by atoms with E-state index in [4.69, 9.17) is 10.5 Å². The van der Waals surface area contributed by atoms with Crippen LogP contribution in [0.4, 0.5) is 0 Å². The SMILES string of the molecule is C[C@@H]1[C@@H](C)CCC[C@H]1NC(=O)COc1ccc(C(N)=O)cc1. The molecule has 1 aromatic carbocycles. The van der Waals surface area contributed by atoms with Crippen LogP contribution in [0.3, 0.4) is 0 Å². The van der Waals surface area contributed by atoms with Crippen LogP contribution in [0.25, 0.3) is 0 Å². The second-order valence-corrected chi connectivity index (χ2v) is 6.12. The molecule has 0 aromatic heterocycles. The molecular weight excluding hydrogens is 280 g/mol. The molecule has 0 bridgehead atoms. The van der Waals surface area contributed by atoms with E-state index in [0.29, 0.717) is 23.1 Å². The van der Waals surface area contributed by atoms with Crippen molar-refractivity contribution in [1.29, 1.82) is 0 Å². The molecule has 22 heavy (non-hydrogen) atoms. The number of benzene rings is 1. The van der Waals surface area contributed by atoms with Crippen LogP contribution in [-0.2, 0) is 4.79 Å². The number of ether oxygens (including phenoxy) is 1. The summed E-state index contributed by atoms with van der Waals surface area (Å²) in [5, 5.41) is 3.06. The van der Waals surface area contributed by atoms with Gasteiger partial charge in [0.2, 0.25) is 5.91 Å². The van der Waals surface area contributed by atoms with Crippen molar-refractivity contribution in [2.24, 2.45) is 17.6 Å². The summed E-state index contributed by atoms with van der Waals surface area (Å²) >= 11 is 0. The van der Waals surface area contributed by atoms with E-state index >= 15 is 0 Å². The van der Waals surface area contributed by atoms with Crippen LogP contribution in [0.15, 0.2) is 24.3 Å². The van der Waals surface area contributed by atoms with Gasteiger partial charge in [0.25, 0.3) is 5.91 Å². The summed E-state index contributed by atoms with van der Waals surface area (Å²) in [5.74, 6) is 1.09. The average molecular weight is 304 g/mol. The number of primary amides is 1. The Morgan fingerprint density at radius 1 is 1.23 bits per heavy atom. The van der Waals surface area contributed by atoms with Crippen molar-refractivity contribution in [3.05, 3.63) is 29.8 Å². The Hall–Kier alpha value is -2.04. The number of carbonyl (C=O) groups excluding carboxylic acids is 2. The summed E-state index contributed by atoms with van der Waals surface area (Å²) in [6, 6.07) is 6.68. The molecule has 1 aromatic rings. The van der Waals surface area contributed by atoms with E-state index in [0.717, 1.165) is 12.8 Å². The van der Waals surface area contributed by atoms with Crippen molar-refractivity contribution in [1.82, 2.24) is 5.32 Å². The summed E-state index contributed by atoms with van der Waals surface area (Å²) in [6.45, 7) is 4.41. The molecule has 1 aliphatic carbocycles. The summed E-state index contributed by atoms with van der Waals surface area (Å²) in [5.41, 5.74) is 5.59. The van der Waals surface area contributed by atoms with E-state index in [1.165, 1.54) is 6.42 Å². The van der Waals surface area contributed by atoms with Crippen LogP contribution in [0.1, 0.15) is 43.5 Å². The monoisotopic (exact) mass is 304 g/mol. The van der Waals surface area contributed by atoms with E-state index in [2.05, 4.69) is 19.2 Å². The average Bonchev–Trinajstić information content (AvgIpc) is 2.50. The molecular formula is C17H24N2O3. The number of carbonyl (C=O) groups is 2. The molecule has 0 heterocycles. The maximum atomic E-state index is 12.0. The van der Waals surface area contributed by atoms with Crippen molar-refractivity contribution in [2.75, 3.05) is 6.61 Å². The zero-order valence-corrected chi connectivity index (χ0v) is 13.2. The molecule has 5 nitrogen and oxygen atoms in total. The van der Waals surface area contributed by atoms with Crippen molar-refractivity contribution in [3.63, 3.8) is 0 Å². The summed E-state index contributed by atoms with van der Waals surface area (Å²) in [6.07, 6.45) is 3.42. The van der Waals surface area contributed by atoms with Crippen LogP contribution in [0.5, 0.6) is 5.75 Å². The van der Waals surface area contributed by atoms with E-state index in [1.807, 2.05) is 0 Å². The highest BCUT2D eigenvalue weighted by molar-refractivity contribution is 5.92. The smallest absolute Gasteiger partial charge is 0.258 e. The van der Waals surface area contributed by atoms with Gasteiger partial charge in [0.15, 0.2) is 6.61 Å². The fourth-order valence-electron chi connectivity index (χ4n) is 2.90. The normalized spacial score (nSPS) is 24.5. The van der Waals surface area contributed by atoms with Gasteiger partial charge in [-0.3, -0.25) is 9.59 Å². The van der Waals surface area contributed by atoms with Gasteiger partial charge in [-0.25, -0.2) is 0 Å². The molecule has 3 N–H and O–H groups in total. The Kier molecular flexibility index (Phi) is 5.41. The molecule has 0 radical (unpaired) electrons. The first-order chi connectivity index (χ1) is 10.5. The van der Waals surface area contributed by atoms with E-state index in [-0.39, 0.29) is 18.6 Å². The van der Waals surface area contributed by atoms with Gasteiger partial charge in [0.1, 0.15) is 5.75 Å². The minimum atomic E-state index is -0.482. The Balaban J connectivity index is 1.81. The van der Waals surface area contributed by atoms with Gasteiger partial charge in [-0.15, -0.1) is 0 Å². The molecule has 0 saturated heterocycles. The Morgan fingerprint density at radius 3 is 2.55 bits per heavy atom. The van der Waals surface area contributed by atoms with E-state index in [1.54, 1.807) is 24.3 Å². The molecule has 0 unspecified atom stereocenters. The Morgan fingerprint density at radius 2 is 1.91 bits per heavy atom. The number of nitrogens with two attached hydrogens (primary N) is 1. The molecule has 3 atom stereocenters. The molecule has 5 heteroatoms. The van der Waals surface area contributed by atoms with Crippen LogP contribution in [0.2, 0.25) is 0 Å². The Bertz CT molecular complexity index is 527. The van der Waals surface area contributed by atoms with Gasteiger partial charge in [0.05, 0.1) is 0 Å². The van der Waals surface area contributed by atoms with Crippen LogP contribution in [-0.4, -0.2) is 24.5 Å². The van der Waals surface area contributed by atoms with Crippen molar-refractivity contribution < 1.29 is 14.3 Å². The minimum absolute atomic E-state index is 0.0203. The van der Waals surface area contributed by atoms with Crippen LogP contribution < -0.4 is 15.8 Å². The molecule has 120 valence electrons. The fourth-order valence-corrected chi connectivity index (χ4v) is 2.90. The number of nitrogens with one attached hydrogen (secondary N) is 1. The lowest BCUT2D eigenvalue weighted by Gasteiger charge is -2.34. The Labute approximate surface area is 131 Å². The van der Waals surface area contributed by atoms with Gasteiger partial charge in [-0.05, 0) is 42.5 Å². The lowest BCUT2D eigenvalue weighted by molar-refractivity contribution is -0.124. The van der Waals surface area contributed by atoms with Crippen molar-refractivity contribution >= 4 is 11.8 Å². The third-order valence-corrected chi connectivity index (χ3v) is 4.56. The molecule has 1 aliphatic rings. The predicted molar refractivity (Wildman–Crippen MR) is 84.6 cm³/mol. The van der Waals surface area contributed by atoms with Crippen molar-refractivity contribution in [3.8, 4) is 5.75 Å². The van der Waals surface area contributed by atoms with Crippen LogP contribution >= 0.6 is 0 Å². The quantitative estimate of drug-likeness (QED) is 0.874. The third kappa shape index (κ3) is 4.23. The zero-order chi connectivity index (χ0) is 16.1. The molecule has 0 aliphatic heterocycles.